The molecular weight excluding hydrogens is 194 g/mol. The molecule has 1 amide bonds. The number of nitrogens with one attached hydrogen (secondary N) is 1. The Kier molecular flexibility index (Phi) is 3.89. The molecule has 0 aliphatic rings. The number of aromatic nitrogens is 2. The highest BCUT2D eigenvalue weighted by Gasteiger charge is 2.08. The van der Waals surface area contributed by atoms with Gasteiger partial charge in [-0.3, -0.25) is 4.79 Å². The lowest BCUT2D eigenvalue weighted by Crippen LogP contribution is -2.13. The second-order valence-corrected chi connectivity index (χ2v) is 3.17. The van der Waals surface area contributed by atoms with E-state index in [0.29, 0.717) is 12.1 Å². The van der Waals surface area contributed by atoms with Crippen molar-refractivity contribution in [2.45, 2.75) is 13.3 Å². The molecular formula is C10H13N3O2. The van der Waals surface area contributed by atoms with Crippen molar-refractivity contribution < 1.29 is 9.90 Å². The summed E-state index contributed by atoms with van der Waals surface area (Å²) in [6.07, 6.45) is 1.98. The molecule has 0 saturated heterocycles. The van der Waals surface area contributed by atoms with Crippen LogP contribution in [-0.4, -0.2) is 27.6 Å². The summed E-state index contributed by atoms with van der Waals surface area (Å²) < 4.78 is 0. The van der Waals surface area contributed by atoms with E-state index in [9.17, 15) is 4.79 Å². The predicted octanol–water partition coefficient (Wildman–Crippen LogP) is -0.121. The van der Waals surface area contributed by atoms with Crippen LogP contribution in [0.25, 0.3) is 0 Å². The van der Waals surface area contributed by atoms with Crippen LogP contribution in [0.2, 0.25) is 0 Å². The molecule has 1 heterocycles. The average molecular weight is 207 g/mol. The maximum Gasteiger partial charge on any atom is 0.270 e. The second kappa shape index (κ2) is 5.17. The first-order chi connectivity index (χ1) is 7.15. The molecule has 0 aliphatic heterocycles. The van der Waals surface area contributed by atoms with E-state index in [1.54, 1.807) is 0 Å². The van der Waals surface area contributed by atoms with Crippen molar-refractivity contribution >= 4 is 5.91 Å². The lowest BCUT2D eigenvalue weighted by atomic mass is 10.1. The van der Waals surface area contributed by atoms with Crippen molar-refractivity contribution in [2.24, 2.45) is 11.7 Å². The number of nitrogens with two attached hydrogens (primary N) is 1. The van der Waals surface area contributed by atoms with Gasteiger partial charge in [0.25, 0.3) is 5.91 Å². The first-order valence-corrected chi connectivity index (χ1v) is 4.60. The molecule has 0 spiro atoms. The molecule has 5 nitrogen and oxygen atoms in total. The monoisotopic (exact) mass is 207 g/mol. The fraction of sp³-hybridized carbons (Fsp3) is 0.400. The number of imidazole rings is 1. The molecule has 0 bridgehead atoms. The summed E-state index contributed by atoms with van der Waals surface area (Å²) in [4.78, 5) is 17.4. The number of hydrogen-bond donors (Lipinski definition) is 3. The fourth-order valence-electron chi connectivity index (χ4n) is 1.04. The smallest absolute Gasteiger partial charge is 0.270 e. The molecule has 4 N–H and O–H groups in total. The third-order valence-corrected chi connectivity index (χ3v) is 1.88. The Bertz CT molecular complexity index is 400. The summed E-state index contributed by atoms with van der Waals surface area (Å²) in [7, 11) is 0. The minimum absolute atomic E-state index is 0.0685. The van der Waals surface area contributed by atoms with Crippen LogP contribution in [-0.2, 0) is 0 Å². The van der Waals surface area contributed by atoms with Crippen molar-refractivity contribution in [2.75, 3.05) is 6.61 Å². The number of aromatic amines is 1. The average Bonchev–Trinajstić information content (AvgIpc) is 2.63. The largest absolute Gasteiger partial charge is 0.396 e. The van der Waals surface area contributed by atoms with Gasteiger partial charge in [0.05, 0.1) is 6.33 Å². The molecule has 1 aromatic heterocycles. The number of nitrogens with zero attached hydrogens (tertiary/aromatic N) is 1. The number of carbonyl (C=O) groups is 1. The van der Waals surface area contributed by atoms with Crippen molar-refractivity contribution in [3.63, 3.8) is 0 Å². The van der Waals surface area contributed by atoms with Crippen LogP contribution in [0.1, 0.15) is 29.5 Å². The normalized spacial score (nSPS) is 11.6. The van der Waals surface area contributed by atoms with Gasteiger partial charge in [-0.1, -0.05) is 12.8 Å². The van der Waals surface area contributed by atoms with Gasteiger partial charge in [0.1, 0.15) is 5.69 Å². The lowest BCUT2D eigenvalue weighted by molar-refractivity contribution is 0.0996. The summed E-state index contributed by atoms with van der Waals surface area (Å²) >= 11 is 0. The van der Waals surface area contributed by atoms with E-state index in [0.717, 1.165) is 0 Å². The molecule has 80 valence electrons. The fourth-order valence-corrected chi connectivity index (χ4v) is 1.04. The van der Waals surface area contributed by atoms with Gasteiger partial charge >= 0.3 is 0 Å². The summed E-state index contributed by atoms with van der Waals surface area (Å²) in [6, 6.07) is 0. The van der Waals surface area contributed by atoms with E-state index in [4.69, 9.17) is 10.8 Å². The Morgan fingerprint density at radius 3 is 3.13 bits per heavy atom. The maximum absolute atomic E-state index is 10.9. The molecule has 0 aliphatic carbocycles. The number of aliphatic hydroxyl groups is 1. The molecule has 15 heavy (non-hydrogen) atoms. The Balaban J connectivity index is 2.79. The Morgan fingerprint density at radius 1 is 1.80 bits per heavy atom. The second-order valence-electron chi connectivity index (χ2n) is 3.17. The molecule has 0 saturated carbocycles. The summed E-state index contributed by atoms with van der Waals surface area (Å²) in [5.41, 5.74) is 5.67. The van der Waals surface area contributed by atoms with Crippen LogP contribution in [0.5, 0.6) is 0 Å². The van der Waals surface area contributed by atoms with E-state index in [1.165, 1.54) is 6.33 Å². The SMILES string of the molecule is CC(C#Cc1[nH]cnc1C(N)=O)CCO. The number of carbonyl (C=O) groups excluding carboxylic acids is 1. The van der Waals surface area contributed by atoms with Gasteiger partial charge < -0.3 is 15.8 Å². The van der Waals surface area contributed by atoms with Gasteiger partial charge in [0, 0.05) is 12.5 Å². The molecule has 5 heteroatoms. The lowest BCUT2D eigenvalue weighted by Gasteiger charge is -1.97. The van der Waals surface area contributed by atoms with Crippen LogP contribution in [0.3, 0.4) is 0 Å². The van der Waals surface area contributed by atoms with Crippen LogP contribution in [0, 0.1) is 17.8 Å². The van der Waals surface area contributed by atoms with Crippen molar-refractivity contribution in [1.82, 2.24) is 9.97 Å². The minimum atomic E-state index is -0.602. The molecule has 1 unspecified atom stereocenters. The standard InChI is InChI=1S/C10H13N3O2/c1-7(4-5-14)2-3-8-9(10(11)15)13-6-12-8/h6-7,14H,4-5H2,1H3,(H2,11,15)(H,12,13). The number of H-pyrrole nitrogens is 1. The summed E-state index contributed by atoms with van der Waals surface area (Å²) in [5.74, 6) is 5.14. The van der Waals surface area contributed by atoms with Crippen LogP contribution >= 0.6 is 0 Å². The van der Waals surface area contributed by atoms with E-state index in [1.807, 2.05) is 6.92 Å². The third-order valence-electron chi connectivity index (χ3n) is 1.88. The first kappa shape index (κ1) is 11.3. The number of primary amides is 1. The van der Waals surface area contributed by atoms with Crippen LogP contribution < -0.4 is 5.73 Å². The van der Waals surface area contributed by atoms with Gasteiger partial charge in [0.15, 0.2) is 5.69 Å². The van der Waals surface area contributed by atoms with E-state index in [2.05, 4.69) is 21.8 Å². The van der Waals surface area contributed by atoms with Crippen molar-refractivity contribution in [3.8, 4) is 11.8 Å². The van der Waals surface area contributed by atoms with E-state index in [-0.39, 0.29) is 18.2 Å². The first-order valence-electron chi connectivity index (χ1n) is 4.60. The van der Waals surface area contributed by atoms with E-state index >= 15 is 0 Å². The number of rotatable bonds is 3. The third kappa shape index (κ3) is 3.11. The summed E-state index contributed by atoms with van der Waals surface area (Å²) in [5, 5.41) is 8.67. The molecule has 1 aromatic rings. The van der Waals surface area contributed by atoms with Gasteiger partial charge in [-0.15, -0.1) is 0 Å². The van der Waals surface area contributed by atoms with Crippen LogP contribution in [0.4, 0.5) is 0 Å². The Morgan fingerprint density at radius 2 is 2.53 bits per heavy atom. The number of hydrogen-bond acceptors (Lipinski definition) is 3. The van der Waals surface area contributed by atoms with Gasteiger partial charge in [-0.05, 0) is 12.3 Å². The van der Waals surface area contributed by atoms with Crippen molar-refractivity contribution in [3.05, 3.63) is 17.7 Å². The minimum Gasteiger partial charge on any atom is -0.396 e. The van der Waals surface area contributed by atoms with Crippen molar-refractivity contribution in [1.29, 1.82) is 0 Å². The van der Waals surface area contributed by atoms with Gasteiger partial charge in [-0.25, -0.2) is 4.98 Å². The topological polar surface area (TPSA) is 92.0 Å². The zero-order valence-corrected chi connectivity index (χ0v) is 8.45. The number of amides is 1. The zero-order chi connectivity index (χ0) is 11.3. The zero-order valence-electron chi connectivity index (χ0n) is 8.45. The summed E-state index contributed by atoms with van der Waals surface area (Å²) in [6.45, 7) is 1.99. The predicted molar refractivity (Wildman–Crippen MR) is 54.9 cm³/mol. The molecule has 1 rings (SSSR count). The quantitative estimate of drug-likeness (QED) is 0.603. The van der Waals surface area contributed by atoms with Crippen LogP contribution in [0.15, 0.2) is 6.33 Å². The Labute approximate surface area is 87.7 Å². The van der Waals surface area contributed by atoms with Gasteiger partial charge in [-0.2, -0.15) is 0 Å². The Hall–Kier alpha value is -1.80. The molecule has 0 fully saturated rings. The van der Waals surface area contributed by atoms with Gasteiger partial charge in [0.2, 0.25) is 0 Å². The maximum atomic E-state index is 10.9. The van der Waals surface area contributed by atoms with E-state index < -0.39 is 5.91 Å². The highest BCUT2D eigenvalue weighted by atomic mass is 16.3. The molecule has 0 aromatic carbocycles. The molecule has 1 atom stereocenters. The highest BCUT2D eigenvalue weighted by Crippen LogP contribution is 2.02. The molecule has 0 radical (unpaired) electrons. The number of aliphatic hydroxyl groups excluding tert-OH is 1. The highest BCUT2D eigenvalue weighted by molar-refractivity contribution is 5.92.